The second-order valence-electron chi connectivity index (χ2n) is 4.18. The largest absolute Gasteiger partial charge is 0.383 e. The molecule has 2 N–H and O–H groups in total. The molecule has 0 aliphatic rings. The molecule has 0 fully saturated rings. The lowest BCUT2D eigenvalue weighted by Crippen LogP contribution is -2.39. The Morgan fingerprint density at radius 1 is 1.35 bits per heavy atom. The minimum atomic E-state index is -1.04. The van der Waals surface area contributed by atoms with Gasteiger partial charge in [-0.3, -0.25) is 4.79 Å². The van der Waals surface area contributed by atoms with Gasteiger partial charge in [-0.2, -0.15) is 0 Å². The van der Waals surface area contributed by atoms with Crippen LogP contribution >= 0.6 is 0 Å². The molecule has 0 saturated carbocycles. The zero-order valence-electron chi connectivity index (χ0n) is 10.3. The number of amides is 1. The SMILES string of the molecule is C=C[C@@H](C)[C@@H](O)C(=O)N[C@@H](C)c1ccccc1. The Morgan fingerprint density at radius 3 is 2.47 bits per heavy atom. The van der Waals surface area contributed by atoms with Crippen molar-refractivity contribution in [1.82, 2.24) is 5.32 Å². The zero-order valence-corrected chi connectivity index (χ0v) is 10.3. The first-order chi connectivity index (χ1) is 8.06. The Bertz CT molecular complexity index is 375. The maximum Gasteiger partial charge on any atom is 0.249 e. The number of benzene rings is 1. The number of hydrogen-bond donors (Lipinski definition) is 2. The summed E-state index contributed by atoms with van der Waals surface area (Å²) < 4.78 is 0. The summed E-state index contributed by atoms with van der Waals surface area (Å²) in [5, 5.41) is 12.5. The van der Waals surface area contributed by atoms with Gasteiger partial charge >= 0.3 is 0 Å². The Balaban J connectivity index is 2.60. The fourth-order valence-electron chi connectivity index (χ4n) is 1.49. The topological polar surface area (TPSA) is 49.3 Å². The molecule has 0 radical (unpaired) electrons. The van der Waals surface area contributed by atoms with Crippen molar-refractivity contribution in [2.75, 3.05) is 0 Å². The van der Waals surface area contributed by atoms with E-state index in [2.05, 4.69) is 11.9 Å². The van der Waals surface area contributed by atoms with Crippen LogP contribution in [0.1, 0.15) is 25.5 Å². The van der Waals surface area contributed by atoms with Gasteiger partial charge in [0.25, 0.3) is 0 Å². The van der Waals surface area contributed by atoms with E-state index in [1.54, 1.807) is 13.0 Å². The van der Waals surface area contributed by atoms with E-state index in [0.717, 1.165) is 5.56 Å². The Labute approximate surface area is 102 Å². The van der Waals surface area contributed by atoms with Gasteiger partial charge in [0.1, 0.15) is 6.10 Å². The van der Waals surface area contributed by atoms with Crippen LogP contribution in [0.4, 0.5) is 0 Å². The first-order valence-electron chi connectivity index (χ1n) is 5.72. The lowest BCUT2D eigenvalue weighted by molar-refractivity contribution is -0.131. The average Bonchev–Trinajstić information content (AvgIpc) is 2.37. The Morgan fingerprint density at radius 2 is 1.94 bits per heavy atom. The number of aliphatic hydroxyl groups is 1. The van der Waals surface area contributed by atoms with E-state index in [9.17, 15) is 9.90 Å². The third-order valence-corrected chi connectivity index (χ3v) is 2.80. The quantitative estimate of drug-likeness (QED) is 0.765. The van der Waals surface area contributed by atoms with Crippen LogP contribution in [0.5, 0.6) is 0 Å². The summed E-state index contributed by atoms with van der Waals surface area (Å²) in [6.07, 6.45) is 0.524. The highest BCUT2D eigenvalue weighted by Crippen LogP contribution is 2.12. The number of hydrogen-bond acceptors (Lipinski definition) is 2. The number of carbonyl (C=O) groups excluding carboxylic acids is 1. The maximum absolute atomic E-state index is 11.7. The van der Waals surface area contributed by atoms with Crippen molar-refractivity contribution in [2.24, 2.45) is 5.92 Å². The molecule has 3 atom stereocenters. The van der Waals surface area contributed by atoms with Gasteiger partial charge in [0.2, 0.25) is 5.91 Å². The highest BCUT2D eigenvalue weighted by Gasteiger charge is 2.21. The van der Waals surface area contributed by atoms with E-state index in [4.69, 9.17) is 0 Å². The van der Waals surface area contributed by atoms with E-state index in [-0.39, 0.29) is 17.9 Å². The standard InChI is InChI=1S/C14H19NO2/c1-4-10(2)13(16)14(17)15-11(3)12-8-6-5-7-9-12/h4-11,13,16H,1H2,2-3H3,(H,15,17)/t10-,11+,13-/m1/s1. The van der Waals surface area contributed by atoms with E-state index >= 15 is 0 Å². The van der Waals surface area contributed by atoms with Crippen LogP contribution in [-0.2, 0) is 4.79 Å². The van der Waals surface area contributed by atoms with Gasteiger partial charge in [0.05, 0.1) is 6.04 Å². The van der Waals surface area contributed by atoms with Gasteiger partial charge in [-0.25, -0.2) is 0 Å². The molecule has 0 aromatic heterocycles. The van der Waals surface area contributed by atoms with Gasteiger partial charge < -0.3 is 10.4 Å². The number of carbonyl (C=O) groups is 1. The van der Waals surface area contributed by atoms with E-state index in [1.807, 2.05) is 37.3 Å². The molecule has 3 nitrogen and oxygen atoms in total. The van der Waals surface area contributed by atoms with Crippen LogP contribution in [0, 0.1) is 5.92 Å². The monoisotopic (exact) mass is 233 g/mol. The number of rotatable bonds is 5. The van der Waals surface area contributed by atoms with Crippen molar-refractivity contribution >= 4 is 5.91 Å². The lowest BCUT2D eigenvalue weighted by Gasteiger charge is -2.19. The highest BCUT2D eigenvalue weighted by molar-refractivity contribution is 5.81. The molecule has 1 aromatic rings. The second-order valence-corrected chi connectivity index (χ2v) is 4.18. The van der Waals surface area contributed by atoms with Gasteiger partial charge in [-0.05, 0) is 12.5 Å². The number of aliphatic hydroxyl groups excluding tert-OH is 1. The molecule has 0 aliphatic carbocycles. The van der Waals surface area contributed by atoms with Crippen molar-refractivity contribution < 1.29 is 9.90 Å². The summed E-state index contributed by atoms with van der Waals surface area (Å²) in [6.45, 7) is 7.20. The van der Waals surface area contributed by atoms with Gasteiger partial charge in [-0.1, -0.05) is 43.3 Å². The molecule has 1 aromatic carbocycles. The molecule has 0 aliphatic heterocycles. The normalized spacial score (nSPS) is 15.7. The van der Waals surface area contributed by atoms with Gasteiger partial charge in [0, 0.05) is 5.92 Å². The maximum atomic E-state index is 11.7. The van der Waals surface area contributed by atoms with Crippen molar-refractivity contribution in [3.8, 4) is 0 Å². The number of nitrogens with one attached hydrogen (secondary N) is 1. The molecule has 17 heavy (non-hydrogen) atoms. The molecule has 0 unspecified atom stereocenters. The van der Waals surface area contributed by atoms with Crippen LogP contribution in [0.2, 0.25) is 0 Å². The summed E-state index contributed by atoms with van der Waals surface area (Å²) in [4.78, 5) is 11.7. The molecular formula is C14H19NO2. The molecule has 0 heterocycles. The third-order valence-electron chi connectivity index (χ3n) is 2.80. The fraction of sp³-hybridized carbons (Fsp3) is 0.357. The molecular weight excluding hydrogens is 214 g/mol. The van der Waals surface area contributed by atoms with Crippen LogP contribution in [0.3, 0.4) is 0 Å². The zero-order chi connectivity index (χ0) is 12.8. The first-order valence-corrected chi connectivity index (χ1v) is 5.72. The molecule has 0 spiro atoms. The summed E-state index contributed by atoms with van der Waals surface area (Å²) >= 11 is 0. The predicted octanol–water partition coefficient (Wildman–Crippen LogP) is 2.05. The average molecular weight is 233 g/mol. The minimum absolute atomic E-state index is 0.115. The van der Waals surface area contributed by atoms with E-state index in [1.165, 1.54) is 0 Å². The lowest BCUT2D eigenvalue weighted by atomic mass is 10.0. The Kier molecular flexibility index (Phi) is 4.91. The molecule has 1 amide bonds. The van der Waals surface area contributed by atoms with Gasteiger partial charge in [0.15, 0.2) is 0 Å². The predicted molar refractivity (Wildman–Crippen MR) is 68.4 cm³/mol. The third kappa shape index (κ3) is 3.71. The van der Waals surface area contributed by atoms with Crippen molar-refractivity contribution in [1.29, 1.82) is 0 Å². The summed E-state index contributed by atoms with van der Waals surface area (Å²) in [7, 11) is 0. The molecule has 3 heteroatoms. The van der Waals surface area contributed by atoms with Crippen LogP contribution in [0.15, 0.2) is 43.0 Å². The van der Waals surface area contributed by atoms with E-state index in [0.29, 0.717) is 0 Å². The molecule has 0 bridgehead atoms. The molecule has 0 saturated heterocycles. The molecule has 1 rings (SSSR count). The molecule has 92 valence electrons. The highest BCUT2D eigenvalue weighted by atomic mass is 16.3. The van der Waals surface area contributed by atoms with E-state index < -0.39 is 6.10 Å². The van der Waals surface area contributed by atoms with Crippen molar-refractivity contribution in [3.05, 3.63) is 48.6 Å². The second kappa shape index (κ2) is 6.21. The fourth-order valence-corrected chi connectivity index (χ4v) is 1.49. The van der Waals surface area contributed by atoms with Crippen LogP contribution in [-0.4, -0.2) is 17.1 Å². The first kappa shape index (κ1) is 13.5. The van der Waals surface area contributed by atoms with Gasteiger partial charge in [-0.15, -0.1) is 6.58 Å². The summed E-state index contributed by atoms with van der Waals surface area (Å²) in [5.41, 5.74) is 1.01. The smallest absolute Gasteiger partial charge is 0.249 e. The van der Waals surface area contributed by atoms with Crippen molar-refractivity contribution in [2.45, 2.75) is 26.0 Å². The van der Waals surface area contributed by atoms with Crippen LogP contribution in [0.25, 0.3) is 0 Å². The summed E-state index contributed by atoms with van der Waals surface area (Å²) in [6, 6.07) is 9.52. The minimum Gasteiger partial charge on any atom is -0.383 e. The summed E-state index contributed by atoms with van der Waals surface area (Å²) in [5.74, 6) is -0.619. The van der Waals surface area contributed by atoms with Crippen LogP contribution < -0.4 is 5.32 Å². The van der Waals surface area contributed by atoms with Crippen molar-refractivity contribution in [3.63, 3.8) is 0 Å². The Hall–Kier alpha value is -1.61.